The molecule has 7 nitrogen and oxygen atoms in total. The van der Waals surface area contributed by atoms with Gasteiger partial charge in [0.15, 0.2) is 0 Å². The molecule has 4 rings (SSSR count). The van der Waals surface area contributed by atoms with Crippen LogP contribution in [0.15, 0.2) is 30.5 Å². The summed E-state index contributed by atoms with van der Waals surface area (Å²) in [5.41, 5.74) is 0.878. The van der Waals surface area contributed by atoms with Crippen LogP contribution in [-0.2, 0) is 20.9 Å². The molecule has 0 spiro atoms. The Bertz CT molecular complexity index is 779. The fourth-order valence-electron chi connectivity index (χ4n) is 3.92. The van der Waals surface area contributed by atoms with E-state index in [9.17, 15) is 9.59 Å². The molecule has 3 heterocycles. The van der Waals surface area contributed by atoms with Crippen molar-refractivity contribution < 1.29 is 14.3 Å². The second-order valence-electron chi connectivity index (χ2n) is 7.23. The predicted octanol–water partition coefficient (Wildman–Crippen LogP) is 1.32. The maximum Gasteiger partial charge on any atom is 0.252 e. The van der Waals surface area contributed by atoms with E-state index >= 15 is 0 Å². The number of nitrogens with zero attached hydrogens (tertiary/aromatic N) is 3. The van der Waals surface area contributed by atoms with Crippen LogP contribution in [-0.4, -0.2) is 57.8 Å². The minimum Gasteiger partial charge on any atom is -0.368 e. The van der Waals surface area contributed by atoms with Crippen LogP contribution in [0, 0.1) is 0 Å². The fraction of sp³-hybridized carbons (Fsp3) is 0.526. The smallest absolute Gasteiger partial charge is 0.252 e. The van der Waals surface area contributed by atoms with Crippen LogP contribution in [0.2, 0.25) is 0 Å². The third-order valence-corrected chi connectivity index (χ3v) is 5.19. The summed E-state index contributed by atoms with van der Waals surface area (Å²) in [6.07, 6.45) is 4.08. The number of hydrogen-bond donors (Lipinski definition) is 1. The van der Waals surface area contributed by atoms with E-state index in [1.54, 1.807) is 4.68 Å². The lowest BCUT2D eigenvalue weighted by molar-refractivity contribution is -0.141. The van der Waals surface area contributed by atoms with Gasteiger partial charge in [0.25, 0.3) is 5.91 Å². The molecule has 26 heavy (non-hydrogen) atoms. The number of carbonyl (C=O) groups is 2. The summed E-state index contributed by atoms with van der Waals surface area (Å²) in [6, 6.07) is 7.88. The second kappa shape index (κ2) is 7.07. The maximum atomic E-state index is 12.6. The fourth-order valence-corrected chi connectivity index (χ4v) is 3.92. The summed E-state index contributed by atoms with van der Waals surface area (Å²) in [5, 5.41) is 8.47. The molecule has 0 saturated carbocycles. The third-order valence-electron chi connectivity index (χ3n) is 5.19. The largest absolute Gasteiger partial charge is 0.368 e. The number of hydrogen-bond acceptors (Lipinski definition) is 4. The first kappa shape index (κ1) is 17.0. The van der Waals surface area contributed by atoms with Crippen LogP contribution in [0.25, 0.3) is 10.9 Å². The Morgan fingerprint density at radius 1 is 1.35 bits per heavy atom. The predicted molar refractivity (Wildman–Crippen MR) is 96.4 cm³/mol. The molecular formula is C19H24N4O3. The molecule has 2 aliphatic heterocycles. The van der Waals surface area contributed by atoms with Crippen molar-refractivity contribution in [3.63, 3.8) is 0 Å². The lowest BCUT2D eigenvalue weighted by atomic mass is 10.2. The van der Waals surface area contributed by atoms with Gasteiger partial charge in [-0.3, -0.25) is 14.3 Å². The molecule has 2 saturated heterocycles. The molecule has 3 atom stereocenters. The van der Waals surface area contributed by atoms with Gasteiger partial charge in [-0.15, -0.1) is 0 Å². The van der Waals surface area contributed by atoms with Crippen LogP contribution in [0.3, 0.4) is 0 Å². The average Bonchev–Trinajstić information content (AvgIpc) is 3.33. The van der Waals surface area contributed by atoms with E-state index in [2.05, 4.69) is 10.4 Å². The van der Waals surface area contributed by atoms with E-state index in [0.29, 0.717) is 13.2 Å². The number of likely N-dealkylation sites (tertiary alicyclic amines) is 1. The van der Waals surface area contributed by atoms with Crippen LogP contribution >= 0.6 is 0 Å². The van der Waals surface area contributed by atoms with E-state index in [1.807, 2.05) is 42.3 Å². The van der Waals surface area contributed by atoms with Crippen molar-refractivity contribution in [3.8, 4) is 0 Å². The van der Waals surface area contributed by atoms with Crippen LogP contribution in [0.5, 0.6) is 0 Å². The van der Waals surface area contributed by atoms with Crippen molar-refractivity contribution in [3.05, 3.63) is 30.5 Å². The molecule has 2 aromatic rings. The zero-order valence-corrected chi connectivity index (χ0v) is 14.9. The number of nitrogens with one attached hydrogen (secondary N) is 1. The number of fused-ring (bicyclic) bond motifs is 1. The highest BCUT2D eigenvalue weighted by molar-refractivity contribution is 5.82. The first-order valence-electron chi connectivity index (χ1n) is 9.24. The van der Waals surface area contributed by atoms with Gasteiger partial charge in [0.1, 0.15) is 12.6 Å². The lowest BCUT2D eigenvalue weighted by Crippen LogP contribution is -2.43. The standard InChI is InChI=1S/C19H24N4O3/c1-13-9-15(11-23(13)19(25)17-7-4-8-26-17)20-18(24)12-22-10-14-5-2-3-6-16(14)21-22/h2-3,5-6,10,13,15,17H,4,7-9,11-12H2,1H3,(H,20,24). The first-order chi connectivity index (χ1) is 12.6. The van der Waals surface area contributed by atoms with Crippen molar-refractivity contribution >= 4 is 22.7 Å². The monoisotopic (exact) mass is 356 g/mol. The van der Waals surface area contributed by atoms with Crippen molar-refractivity contribution in [1.82, 2.24) is 20.0 Å². The van der Waals surface area contributed by atoms with Gasteiger partial charge in [-0.1, -0.05) is 18.2 Å². The Morgan fingerprint density at radius 3 is 2.96 bits per heavy atom. The molecule has 2 aliphatic rings. The summed E-state index contributed by atoms with van der Waals surface area (Å²) in [4.78, 5) is 26.8. The molecular weight excluding hydrogens is 332 g/mol. The number of carbonyl (C=O) groups excluding carboxylic acids is 2. The first-order valence-corrected chi connectivity index (χ1v) is 9.24. The van der Waals surface area contributed by atoms with Gasteiger partial charge < -0.3 is 15.0 Å². The number of rotatable bonds is 4. The Hall–Kier alpha value is -2.41. The summed E-state index contributed by atoms with van der Waals surface area (Å²) in [6.45, 7) is 3.42. The molecule has 2 fully saturated rings. The molecule has 7 heteroatoms. The van der Waals surface area contributed by atoms with E-state index in [0.717, 1.165) is 30.2 Å². The van der Waals surface area contributed by atoms with Crippen molar-refractivity contribution in [1.29, 1.82) is 0 Å². The zero-order chi connectivity index (χ0) is 18.1. The van der Waals surface area contributed by atoms with Gasteiger partial charge in [-0.05, 0) is 32.3 Å². The highest BCUT2D eigenvalue weighted by Crippen LogP contribution is 2.22. The number of ether oxygens (including phenoxy) is 1. The van der Waals surface area contributed by atoms with Crippen molar-refractivity contribution in [2.75, 3.05) is 13.2 Å². The minimum atomic E-state index is -0.302. The summed E-state index contributed by atoms with van der Waals surface area (Å²) < 4.78 is 7.17. The normalized spacial score (nSPS) is 25.7. The van der Waals surface area contributed by atoms with Gasteiger partial charge in [0, 0.05) is 36.8 Å². The Morgan fingerprint density at radius 2 is 2.19 bits per heavy atom. The quantitative estimate of drug-likeness (QED) is 0.896. The topological polar surface area (TPSA) is 76.5 Å². The highest BCUT2D eigenvalue weighted by Gasteiger charge is 2.37. The molecule has 3 unspecified atom stereocenters. The van der Waals surface area contributed by atoms with E-state index in [1.165, 1.54) is 0 Å². The Balaban J connectivity index is 1.33. The van der Waals surface area contributed by atoms with Gasteiger partial charge in [-0.25, -0.2) is 0 Å². The molecule has 1 aromatic carbocycles. The summed E-state index contributed by atoms with van der Waals surface area (Å²) in [5.74, 6) is -0.0218. The number of aromatic nitrogens is 2. The SMILES string of the molecule is CC1CC(NC(=O)Cn2cc3ccccc3n2)CN1C(=O)C1CCCO1. The minimum absolute atomic E-state index is 0.0205. The van der Waals surface area contributed by atoms with Crippen LogP contribution in [0.1, 0.15) is 26.2 Å². The molecule has 1 aromatic heterocycles. The molecule has 0 bridgehead atoms. The van der Waals surface area contributed by atoms with Crippen LogP contribution < -0.4 is 5.32 Å². The Kier molecular flexibility index (Phi) is 4.63. The third kappa shape index (κ3) is 3.44. The van der Waals surface area contributed by atoms with Gasteiger partial charge >= 0.3 is 0 Å². The molecule has 1 N–H and O–H groups in total. The van der Waals surface area contributed by atoms with Crippen molar-refractivity contribution in [2.45, 2.75) is 50.9 Å². The lowest BCUT2D eigenvalue weighted by Gasteiger charge is -2.24. The van der Waals surface area contributed by atoms with Gasteiger partial charge in [-0.2, -0.15) is 5.10 Å². The van der Waals surface area contributed by atoms with Gasteiger partial charge in [0.05, 0.1) is 5.52 Å². The second-order valence-corrected chi connectivity index (χ2v) is 7.23. The van der Waals surface area contributed by atoms with E-state index in [-0.39, 0.29) is 36.5 Å². The van der Waals surface area contributed by atoms with Gasteiger partial charge in [0.2, 0.25) is 5.91 Å². The van der Waals surface area contributed by atoms with E-state index < -0.39 is 0 Å². The molecule has 0 aliphatic carbocycles. The number of amides is 2. The average molecular weight is 356 g/mol. The molecule has 138 valence electrons. The summed E-state index contributed by atoms with van der Waals surface area (Å²) in [7, 11) is 0. The number of benzene rings is 1. The molecule has 0 radical (unpaired) electrons. The Labute approximate surface area is 152 Å². The summed E-state index contributed by atoms with van der Waals surface area (Å²) >= 11 is 0. The highest BCUT2D eigenvalue weighted by atomic mass is 16.5. The van der Waals surface area contributed by atoms with Crippen molar-refractivity contribution in [2.24, 2.45) is 0 Å². The maximum absolute atomic E-state index is 12.6. The molecule has 2 amide bonds. The van der Waals surface area contributed by atoms with Crippen LogP contribution in [0.4, 0.5) is 0 Å². The zero-order valence-electron chi connectivity index (χ0n) is 14.9. The van der Waals surface area contributed by atoms with E-state index in [4.69, 9.17) is 4.74 Å².